The highest BCUT2D eigenvalue weighted by atomic mass is 19.1. The van der Waals surface area contributed by atoms with Crippen LogP contribution in [0.1, 0.15) is 5.56 Å². The van der Waals surface area contributed by atoms with Gasteiger partial charge < -0.3 is 15.8 Å². The van der Waals surface area contributed by atoms with Crippen LogP contribution in [0, 0.1) is 12.7 Å². The molecule has 0 radical (unpaired) electrons. The molecule has 94 valence electrons. The smallest absolute Gasteiger partial charge is 0.123 e. The third-order valence-corrected chi connectivity index (χ3v) is 2.72. The van der Waals surface area contributed by atoms with Gasteiger partial charge in [0, 0.05) is 11.8 Å². The minimum Gasteiger partial charge on any atom is -0.497 e. The van der Waals surface area contributed by atoms with Crippen LogP contribution >= 0.6 is 0 Å². The van der Waals surface area contributed by atoms with Crippen LogP contribution in [-0.4, -0.2) is 7.11 Å². The summed E-state index contributed by atoms with van der Waals surface area (Å²) in [6.45, 7) is 1.84. The molecular weight excluding hydrogens is 231 g/mol. The molecule has 0 bridgehead atoms. The quantitative estimate of drug-likeness (QED) is 0.815. The number of methoxy groups -OCH3 is 1. The van der Waals surface area contributed by atoms with Crippen LogP contribution in [0.25, 0.3) is 0 Å². The molecule has 2 aromatic rings. The largest absolute Gasteiger partial charge is 0.497 e. The average molecular weight is 246 g/mol. The van der Waals surface area contributed by atoms with E-state index in [1.54, 1.807) is 19.2 Å². The molecule has 0 aromatic heterocycles. The first-order valence-electron chi connectivity index (χ1n) is 5.57. The monoisotopic (exact) mass is 246 g/mol. The van der Waals surface area contributed by atoms with Gasteiger partial charge in [0.2, 0.25) is 0 Å². The van der Waals surface area contributed by atoms with Crippen LogP contribution in [0.15, 0.2) is 36.4 Å². The fourth-order valence-electron chi connectivity index (χ4n) is 1.69. The lowest BCUT2D eigenvalue weighted by molar-refractivity contribution is 0.415. The summed E-state index contributed by atoms with van der Waals surface area (Å²) in [5.74, 6) is 0.453. The van der Waals surface area contributed by atoms with E-state index in [-0.39, 0.29) is 5.82 Å². The molecule has 0 aliphatic heterocycles. The second kappa shape index (κ2) is 4.96. The average Bonchev–Trinajstić information content (AvgIpc) is 2.34. The summed E-state index contributed by atoms with van der Waals surface area (Å²) >= 11 is 0. The van der Waals surface area contributed by atoms with E-state index in [1.165, 1.54) is 12.1 Å². The molecule has 0 unspecified atom stereocenters. The number of hydrogen-bond acceptors (Lipinski definition) is 3. The number of ether oxygens (including phenoxy) is 1. The zero-order valence-electron chi connectivity index (χ0n) is 10.3. The lowest BCUT2D eigenvalue weighted by Gasteiger charge is -2.12. The van der Waals surface area contributed by atoms with Gasteiger partial charge in [0.25, 0.3) is 0 Å². The summed E-state index contributed by atoms with van der Waals surface area (Å²) < 4.78 is 18.1. The summed E-state index contributed by atoms with van der Waals surface area (Å²) in [5, 5.41) is 3.17. The maximum absolute atomic E-state index is 13.0. The number of benzene rings is 2. The predicted octanol–water partition coefficient (Wildman–Crippen LogP) is 3.47. The van der Waals surface area contributed by atoms with E-state index in [9.17, 15) is 4.39 Å². The van der Waals surface area contributed by atoms with Gasteiger partial charge in [0.05, 0.1) is 18.5 Å². The molecular formula is C14H15FN2O. The molecule has 0 heterocycles. The summed E-state index contributed by atoms with van der Waals surface area (Å²) in [7, 11) is 1.59. The highest BCUT2D eigenvalue weighted by Gasteiger charge is 2.04. The maximum atomic E-state index is 13.0. The predicted molar refractivity (Wildman–Crippen MR) is 71.8 cm³/mol. The topological polar surface area (TPSA) is 47.3 Å². The van der Waals surface area contributed by atoms with E-state index < -0.39 is 0 Å². The van der Waals surface area contributed by atoms with Crippen molar-refractivity contribution in [3.63, 3.8) is 0 Å². The normalized spacial score (nSPS) is 10.2. The Bertz CT molecular complexity index is 570. The molecule has 3 nitrogen and oxygen atoms in total. The summed E-state index contributed by atoms with van der Waals surface area (Å²) in [4.78, 5) is 0. The number of nitrogen functional groups attached to an aromatic ring is 1. The Hall–Kier alpha value is -2.23. The Balaban J connectivity index is 2.28. The Kier molecular flexibility index (Phi) is 3.37. The number of aryl methyl sites for hydroxylation is 1. The van der Waals surface area contributed by atoms with Crippen molar-refractivity contribution in [2.24, 2.45) is 0 Å². The lowest BCUT2D eigenvalue weighted by Crippen LogP contribution is -1.98. The fraction of sp³-hybridized carbons (Fsp3) is 0.143. The molecule has 0 aliphatic rings. The molecule has 0 saturated carbocycles. The first kappa shape index (κ1) is 12.2. The molecule has 0 fully saturated rings. The van der Waals surface area contributed by atoms with Crippen molar-refractivity contribution < 1.29 is 9.13 Å². The van der Waals surface area contributed by atoms with Gasteiger partial charge in [-0.1, -0.05) is 0 Å². The van der Waals surface area contributed by atoms with Gasteiger partial charge in [-0.15, -0.1) is 0 Å². The summed E-state index contributed by atoms with van der Waals surface area (Å²) in [6, 6.07) is 9.96. The van der Waals surface area contributed by atoms with Crippen molar-refractivity contribution in [2.45, 2.75) is 6.92 Å². The van der Waals surface area contributed by atoms with Crippen LogP contribution in [0.2, 0.25) is 0 Å². The number of anilines is 3. The van der Waals surface area contributed by atoms with Crippen molar-refractivity contribution in [2.75, 3.05) is 18.2 Å². The highest BCUT2D eigenvalue weighted by Crippen LogP contribution is 2.28. The first-order valence-corrected chi connectivity index (χ1v) is 5.57. The van der Waals surface area contributed by atoms with Crippen molar-refractivity contribution in [1.82, 2.24) is 0 Å². The van der Waals surface area contributed by atoms with Crippen molar-refractivity contribution in [3.8, 4) is 5.75 Å². The summed E-state index contributed by atoms with van der Waals surface area (Å²) in [5.41, 5.74) is 8.91. The molecule has 0 atom stereocenters. The molecule has 4 heteroatoms. The molecule has 2 aromatic carbocycles. The molecule has 3 N–H and O–H groups in total. The molecule has 0 saturated heterocycles. The lowest BCUT2D eigenvalue weighted by atomic mass is 10.1. The van der Waals surface area contributed by atoms with E-state index >= 15 is 0 Å². The first-order chi connectivity index (χ1) is 8.60. The molecule has 2 rings (SSSR count). The fourth-order valence-corrected chi connectivity index (χ4v) is 1.69. The summed E-state index contributed by atoms with van der Waals surface area (Å²) in [6.07, 6.45) is 0. The van der Waals surface area contributed by atoms with E-state index in [2.05, 4.69) is 5.32 Å². The minimum absolute atomic E-state index is 0.249. The maximum Gasteiger partial charge on any atom is 0.123 e. The van der Waals surface area contributed by atoms with Crippen molar-refractivity contribution in [1.29, 1.82) is 0 Å². The van der Waals surface area contributed by atoms with Gasteiger partial charge in [-0.2, -0.15) is 0 Å². The van der Waals surface area contributed by atoms with E-state index in [4.69, 9.17) is 10.5 Å². The van der Waals surface area contributed by atoms with Crippen molar-refractivity contribution in [3.05, 3.63) is 47.8 Å². The van der Waals surface area contributed by atoms with Crippen LogP contribution < -0.4 is 15.8 Å². The minimum atomic E-state index is -0.249. The van der Waals surface area contributed by atoms with Crippen LogP contribution in [0.3, 0.4) is 0 Å². The van der Waals surface area contributed by atoms with Crippen molar-refractivity contribution >= 4 is 17.1 Å². The Morgan fingerprint density at radius 1 is 1.11 bits per heavy atom. The Labute approximate surface area is 105 Å². The number of rotatable bonds is 3. The molecule has 0 spiro atoms. The number of halogens is 1. The van der Waals surface area contributed by atoms with E-state index in [0.717, 1.165) is 16.9 Å². The SMILES string of the molecule is COc1ccc(Nc2ccc(F)cc2C)c(N)c1. The van der Waals surface area contributed by atoms with E-state index in [1.807, 2.05) is 19.1 Å². The second-order valence-corrected chi connectivity index (χ2v) is 4.04. The Morgan fingerprint density at radius 2 is 1.83 bits per heavy atom. The van der Waals surface area contributed by atoms with Gasteiger partial charge >= 0.3 is 0 Å². The van der Waals surface area contributed by atoms with Gasteiger partial charge in [-0.25, -0.2) is 4.39 Å². The van der Waals surface area contributed by atoms with Crippen LogP contribution in [0.4, 0.5) is 21.5 Å². The molecule has 18 heavy (non-hydrogen) atoms. The molecule has 0 amide bonds. The van der Waals surface area contributed by atoms with E-state index in [0.29, 0.717) is 11.4 Å². The number of hydrogen-bond donors (Lipinski definition) is 2. The van der Waals surface area contributed by atoms with Gasteiger partial charge in [0.15, 0.2) is 0 Å². The number of nitrogens with two attached hydrogens (primary N) is 1. The standard InChI is InChI=1S/C14H15FN2O/c1-9-7-10(15)3-5-13(9)17-14-6-4-11(18-2)8-12(14)16/h3-8,17H,16H2,1-2H3. The van der Waals surface area contributed by atoms with Crippen LogP contribution in [0.5, 0.6) is 5.75 Å². The van der Waals surface area contributed by atoms with Crippen LogP contribution in [-0.2, 0) is 0 Å². The van der Waals surface area contributed by atoms with Gasteiger partial charge in [-0.05, 0) is 42.8 Å². The van der Waals surface area contributed by atoms with Gasteiger partial charge in [0.1, 0.15) is 11.6 Å². The van der Waals surface area contributed by atoms with Gasteiger partial charge in [-0.3, -0.25) is 0 Å². The highest BCUT2D eigenvalue weighted by molar-refractivity contribution is 5.75. The third kappa shape index (κ3) is 2.53. The zero-order chi connectivity index (χ0) is 13.1. The third-order valence-electron chi connectivity index (χ3n) is 2.72. The Morgan fingerprint density at radius 3 is 2.44 bits per heavy atom. The zero-order valence-corrected chi connectivity index (χ0v) is 10.3. The second-order valence-electron chi connectivity index (χ2n) is 4.04. The number of nitrogens with one attached hydrogen (secondary N) is 1. The molecule has 0 aliphatic carbocycles.